The molecule has 0 saturated heterocycles. The third kappa shape index (κ3) is 3.61. The van der Waals surface area contributed by atoms with Gasteiger partial charge in [-0.05, 0) is 61.6 Å². The molecule has 1 N–H and O–H groups in total. The molecule has 27 heavy (non-hydrogen) atoms. The Morgan fingerprint density at radius 3 is 2.81 bits per heavy atom. The number of hydrogen-bond acceptors (Lipinski definition) is 3. The number of fused-ring (bicyclic) bond motifs is 1. The van der Waals surface area contributed by atoms with Crippen molar-refractivity contribution >= 4 is 17.6 Å². The van der Waals surface area contributed by atoms with E-state index in [0.717, 1.165) is 23.3 Å². The number of carboxylic acid groups (broad SMARTS) is 1. The molecule has 142 valence electrons. The van der Waals surface area contributed by atoms with E-state index in [2.05, 4.69) is 0 Å². The molecule has 2 aliphatic rings. The maximum absolute atomic E-state index is 14.4. The molecule has 1 aliphatic heterocycles. The lowest BCUT2D eigenvalue weighted by atomic mass is 10.0. The Morgan fingerprint density at radius 1 is 1.37 bits per heavy atom. The molecule has 1 fully saturated rings. The fraction of sp³-hybridized carbons (Fsp3) is 0.381. The summed E-state index contributed by atoms with van der Waals surface area (Å²) < 4.78 is 26.1. The second-order valence-corrected chi connectivity index (χ2v) is 8.29. The summed E-state index contributed by atoms with van der Waals surface area (Å²) in [5.74, 6) is -0.980. The van der Waals surface area contributed by atoms with Gasteiger partial charge in [0.25, 0.3) is 0 Å². The summed E-state index contributed by atoms with van der Waals surface area (Å²) in [5, 5.41) is 9.61. The van der Waals surface area contributed by atoms with Crippen molar-refractivity contribution < 1.29 is 23.8 Å². The minimum Gasteiger partial charge on any atom is -0.487 e. The van der Waals surface area contributed by atoms with Crippen LogP contribution < -0.4 is 9.47 Å². The number of carbonyl (C=O) groups is 1. The molecule has 0 amide bonds. The van der Waals surface area contributed by atoms with Gasteiger partial charge in [-0.25, -0.2) is 4.39 Å². The Bertz CT molecular complexity index is 925. The lowest BCUT2D eigenvalue weighted by Gasteiger charge is -2.18. The normalized spacial score (nSPS) is 22.1. The van der Waals surface area contributed by atoms with Crippen LogP contribution in [0.5, 0.6) is 11.5 Å². The summed E-state index contributed by atoms with van der Waals surface area (Å²) in [5.41, 5.74) is 2.19. The van der Waals surface area contributed by atoms with Crippen molar-refractivity contribution in [3.63, 3.8) is 0 Å². The smallest absolute Gasteiger partial charge is 0.307 e. The Balaban J connectivity index is 1.50. The number of rotatable bonds is 5. The average molecular weight is 391 g/mol. The van der Waals surface area contributed by atoms with E-state index in [4.69, 9.17) is 26.2 Å². The molecule has 1 aliphatic carbocycles. The first-order valence-electron chi connectivity index (χ1n) is 8.89. The van der Waals surface area contributed by atoms with Crippen LogP contribution in [0.2, 0.25) is 5.02 Å². The number of aliphatic carboxylic acids is 1. The van der Waals surface area contributed by atoms with Crippen molar-refractivity contribution in [2.24, 2.45) is 5.92 Å². The quantitative estimate of drug-likeness (QED) is 0.784. The van der Waals surface area contributed by atoms with E-state index in [0.29, 0.717) is 17.0 Å². The van der Waals surface area contributed by atoms with Crippen LogP contribution in [0.4, 0.5) is 4.39 Å². The summed E-state index contributed by atoms with van der Waals surface area (Å²) >= 11 is 6.20. The molecule has 2 aromatic carbocycles. The number of ether oxygens (including phenoxy) is 2. The van der Waals surface area contributed by atoms with Crippen LogP contribution in [-0.4, -0.2) is 16.7 Å². The van der Waals surface area contributed by atoms with Gasteiger partial charge in [0.05, 0.1) is 5.92 Å². The third-order valence-corrected chi connectivity index (χ3v) is 5.30. The summed E-state index contributed by atoms with van der Waals surface area (Å²) in [6.45, 7) is 4.15. The van der Waals surface area contributed by atoms with Crippen molar-refractivity contribution in [1.29, 1.82) is 0 Å². The second kappa shape index (κ2) is 6.41. The maximum Gasteiger partial charge on any atom is 0.307 e. The Labute approximate surface area is 161 Å². The van der Waals surface area contributed by atoms with Crippen molar-refractivity contribution in [2.45, 2.75) is 44.8 Å². The number of carboxylic acids is 1. The third-order valence-electron chi connectivity index (χ3n) is 5.08. The SMILES string of the molecule is CC1(C)Cc2cc(Cl)cc(COc3ccc(C4CC4C(=O)O)cc3F)c2O1. The molecule has 0 spiro atoms. The highest BCUT2D eigenvalue weighted by Crippen LogP contribution is 2.48. The van der Waals surface area contributed by atoms with Crippen molar-refractivity contribution in [2.75, 3.05) is 0 Å². The summed E-state index contributed by atoms with van der Waals surface area (Å²) in [6.07, 6.45) is 1.31. The Kier molecular flexibility index (Phi) is 4.30. The van der Waals surface area contributed by atoms with E-state index in [1.165, 1.54) is 6.07 Å². The molecule has 2 atom stereocenters. The van der Waals surface area contributed by atoms with Crippen molar-refractivity contribution in [3.05, 3.63) is 57.9 Å². The zero-order chi connectivity index (χ0) is 19.3. The fourth-order valence-electron chi connectivity index (χ4n) is 3.71. The summed E-state index contributed by atoms with van der Waals surface area (Å²) in [6, 6.07) is 8.31. The van der Waals surface area contributed by atoms with Gasteiger partial charge in [-0.2, -0.15) is 0 Å². The molecular formula is C21H20ClFO4. The van der Waals surface area contributed by atoms with Crippen LogP contribution >= 0.6 is 11.6 Å². The molecular weight excluding hydrogens is 371 g/mol. The second-order valence-electron chi connectivity index (χ2n) is 7.86. The average Bonchev–Trinajstić information content (AvgIpc) is 3.31. The largest absolute Gasteiger partial charge is 0.487 e. The predicted molar refractivity (Wildman–Crippen MR) is 99.1 cm³/mol. The van der Waals surface area contributed by atoms with E-state index in [-0.39, 0.29) is 23.9 Å². The molecule has 6 heteroatoms. The number of hydrogen-bond donors (Lipinski definition) is 1. The highest BCUT2D eigenvalue weighted by Gasteiger charge is 2.44. The summed E-state index contributed by atoms with van der Waals surface area (Å²) in [7, 11) is 0. The van der Waals surface area contributed by atoms with Gasteiger partial charge in [-0.15, -0.1) is 0 Å². The monoisotopic (exact) mass is 390 g/mol. The molecule has 1 heterocycles. The van der Waals surface area contributed by atoms with E-state index >= 15 is 0 Å². The van der Waals surface area contributed by atoms with Crippen molar-refractivity contribution in [1.82, 2.24) is 0 Å². The van der Waals surface area contributed by atoms with Crippen LogP contribution in [0.15, 0.2) is 30.3 Å². The van der Waals surface area contributed by atoms with E-state index in [1.807, 2.05) is 19.9 Å². The lowest BCUT2D eigenvalue weighted by molar-refractivity contribution is -0.138. The first kappa shape index (κ1) is 18.1. The van der Waals surface area contributed by atoms with E-state index in [1.54, 1.807) is 18.2 Å². The molecule has 2 aromatic rings. The minimum atomic E-state index is -0.835. The highest BCUT2D eigenvalue weighted by molar-refractivity contribution is 6.30. The molecule has 4 nitrogen and oxygen atoms in total. The van der Waals surface area contributed by atoms with Gasteiger partial charge in [0.15, 0.2) is 11.6 Å². The van der Waals surface area contributed by atoms with Gasteiger partial charge in [-0.1, -0.05) is 17.7 Å². The fourth-order valence-corrected chi connectivity index (χ4v) is 3.97. The van der Waals surface area contributed by atoms with Gasteiger partial charge >= 0.3 is 5.97 Å². The first-order chi connectivity index (χ1) is 12.7. The maximum atomic E-state index is 14.4. The van der Waals surface area contributed by atoms with Gasteiger partial charge in [-0.3, -0.25) is 4.79 Å². The van der Waals surface area contributed by atoms with Crippen LogP contribution in [0.1, 0.15) is 42.9 Å². The van der Waals surface area contributed by atoms with E-state index < -0.39 is 17.7 Å². The predicted octanol–water partition coefficient (Wildman–Crippen LogP) is 4.96. The molecule has 0 aromatic heterocycles. The number of halogens is 2. The van der Waals surface area contributed by atoms with Crippen molar-refractivity contribution in [3.8, 4) is 11.5 Å². The van der Waals surface area contributed by atoms with Crippen LogP contribution in [-0.2, 0) is 17.8 Å². The lowest BCUT2D eigenvalue weighted by Crippen LogP contribution is -2.25. The Morgan fingerprint density at radius 2 is 2.15 bits per heavy atom. The highest BCUT2D eigenvalue weighted by atomic mass is 35.5. The topological polar surface area (TPSA) is 55.8 Å². The molecule has 2 unspecified atom stereocenters. The van der Waals surface area contributed by atoms with Gasteiger partial charge in [0.1, 0.15) is 18.0 Å². The Hall–Kier alpha value is -2.27. The molecule has 1 saturated carbocycles. The molecule has 0 bridgehead atoms. The van der Waals surface area contributed by atoms with Crippen LogP contribution in [0.25, 0.3) is 0 Å². The van der Waals surface area contributed by atoms with Gasteiger partial charge in [0.2, 0.25) is 0 Å². The van der Waals surface area contributed by atoms with Crippen LogP contribution in [0, 0.1) is 11.7 Å². The zero-order valence-corrected chi connectivity index (χ0v) is 15.8. The number of benzene rings is 2. The van der Waals surface area contributed by atoms with Gasteiger partial charge < -0.3 is 14.6 Å². The zero-order valence-electron chi connectivity index (χ0n) is 15.1. The standard InChI is InChI=1S/C21H20ClFO4/c1-21(2)9-12-5-14(22)6-13(19(12)27-21)10-26-18-4-3-11(7-17(18)23)15-8-16(15)20(24)25/h3-7,15-16H,8-10H2,1-2H3,(H,24,25). The minimum absolute atomic E-state index is 0.113. The van der Waals surface area contributed by atoms with Gasteiger partial charge in [0, 0.05) is 17.0 Å². The molecule has 4 rings (SSSR count). The van der Waals surface area contributed by atoms with Crippen LogP contribution in [0.3, 0.4) is 0 Å². The summed E-state index contributed by atoms with van der Waals surface area (Å²) in [4.78, 5) is 11.0. The molecule has 0 radical (unpaired) electrons. The van der Waals surface area contributed by atoms with E-state index in [9.17, 15) is 9.18 Å². The first-order valence-corrected chi connectivity index (χ1v) is 9.27.